The first-order valence-corrected chi connectivity index (χ1v) is 8.33. The second kappa shape index (κ2) is 4.39. The van der Waals surface area contributed by atoms with Crippen LogP contribution in [0.25, 0.3) is 0 Å². The number of likely N-dealkylation sites (N-methyl/N-ethyl adjacent to an activating group) is 1. The summed E-state index contributed by atoms with van der Waals surface area (Å²) in [5, 5.41) is 0.683. The van der Waals surface area contributed by atoms with Crippen LogP contribution in [-0.4, -0.2) is 24.1 Å². The highest BCUT2D eigenvalue weighted by Gasteiger charge is 2.59. The number of hydrogen-bond donors (Lipinski definition) is 1. The van der Waals surface area contributed by atoms with Gasteiger partial charge in [-0.25, -0.2) is 4.99 Å². The van der Waals surface area contributed by atoms with Crippen LogP contribution in [0.2, 0.25) is 0 Å². The second-order valence-electron chi connectivity index (χ2n) is 5.82. The molecule has 1 atom stereocenters. The Bertz CT molecular complexity index is 969. The molecule has 0 aliphatic carbocycles. The van der Waals surface area contributed by atoms with E-state index < -0.39 is 5.66 Å². The van der Waals surface area contributed by atoms with Crippen LogP contribution in [0.15, 0.2) is 63.4 Å². The fourth-order valence-corrected chi connectivity index (χ4v) is 4.61. The Labute approximate surface area is 142 Å². The predicted octanol–water partition coefficient (Wildman–Crippen LogP) is 2.11. The summed E-state index contributed by atoms with van der Waals surface area (Å²) < 4.78 is 0. The molecule has 0 saturated heterocycles. The summed E-state index contributed by atoms with van der Waals surface area (Å²) in [5.74, 6) is -0.00337. The van der Waals surface area contributed by atoms with Gasteiger partial charge in [0.2, 0.25) is 11.6 Å². The first kappa shape index (κ1) is 13.6. The van der Waals surface area contributed by atoms with Crippen LogP contribution in [0, 0.1) is 0 Å². The molecule has 2 aromatic rings. The lowest BCUT2D eigenvalue weighted by Crippen LogP contribution is -2.55. The summed E-state index contributed by atoms with van der Waals surface area (Å²) in [6, 6.07) is 15.6. The van der Waals surface area contributed by atoms with Gasteiger partial charge in [0.15, 0.2) is 5.17 Å². The van der Waals surface area contributed by atoms with Crippen molar-refractivity contribution in [3.05, 3.63) is 54.1 Å². The van der Waals surface area contributed by atoms with E-state index in [9.17, 15) is 4.79 Å². The van der Waals surface area contributed by atoms with E-state index in [-0.39, 0.29) is 11.9 Å². The SMILES string of the molecule is CN1C(=O)C2(N=C(N)N=C3Sc4ccccc4N32)c2ccccc21. The number of hydrogen-bond acceptors (Lipinski definition) is 6. The number of thioether (sulfide) groups is 1. The highest BCUT2D eigenvalue weighted by atomic mass is 32.2. The zero-order chi connectivity index (χ0) is 16.5. The molecule has 3 aliphatic rings. The fraction of sp³-hybridized carbons (Fsp3) is 0.118. The van der Waals surface area contributed by atoms with Crippen molar-refractivity contribution >= 4 is 40.2 Å². The molecule has 0 aromatic heterocycles. The van der Waals surface area contributed by atoms with Crippen LogP contribution in [0.3, 0.4) is 0 Å². The molecule has 7 heteroatoms. The van der Waals surface area contributed by atoms with Crippen molar-refractivity contribution in [3.63, 3.8) is 0 Å². The van der Waals surface area contributed by atoms with Crippen molar-refractivity contribution < 1.29 is 4.79 Å². The van der Waals surface area contributed by atoms with E-state index >= 15 is 0 Å². The molecular weight excluding hydrogens is 322 g/mol. The number of amidine groups is 1. The van der Waals surface area contributed by atoms with Gasteiger partial charge in [-0.1, -0.05) is 30.3 Å². The summed E-state index contributed by atoms with van der Waals surface area (Å²) >= 11 is 1.51. The number of para-hydroxylation sites is 2. The Morgan fingerprint density at radius 3 is 2.62 bits per heavy atom. The number of nitrogens with zero attached hydrogens (tertiary/aromatic N) is 4. The minimum absolute atomic E-state index is 0.125. The molecule has 0 radical (unpaired) electrons. The van der Waals surface area contributed by atoms with Crippen molar-refractivity contribution in [1.82, 2.24) is 0 Å². The summed E-state index contributed by atoms with van der Waals surface area (Å²) in [5.41, 5.74) is 7.37. The van der Waals surface area contributed by atoms with Crippen molar-refractivity contribution in [2.75, 3.05) is 16.8 Å². The smallest absolute Gasteiger partial charge is 0.280 e. The monoisotopic (exact) mass is 335 g/mol. The van der Waals surface area contributed by atoms with E-state index in [2.05, 4.69) is 9.98 Å². The van der Waals surface area contributed by atoms with Gasteiger partial charge >= 0.3 is 0 Å². The maximum absolute atomic E-state index is 13.3. The molecule has 6 nitrogen and oxygen atoms in total. The topological polar surface area (TPSA) is 74.3 Å². The van der Waals surface area contributed by atoms with Gasteiger partial charge in [-0.15, -0.1) is 0 Å². The lowest BCUT2D eigenvalue weighted by Gasteiger charge is -2.37. The molecule has 3 aliphatic heterocycles. The maximum atomic E-state index is 13.3. The molecule has 2 N–H and O–H groups in total. The molecule has 0 bridgehead atoms. The van der Waals surface area contributed by atoms with E-state index in [4.69, 9.17) is 5.73 Å². The zero-order valence-electron chi connectivity index (χ0n) is 12.8. The Hall–Kier alpha value is -2.80. The number of fused-ring (bicyclic) bond motifs is 6. The number of carbonyl (C=O) groups excluding carboxylic acids is 1. The van der Waals surface area contributed by atoms with Crippen LogP contribution >= 0.6 is 11.8 Å². The highest BCUT2D eigenvalue weighted by molar-refractivity contribution is 8.14. The summed E-state index contributed by atoms with van der Waals surface area (Å²) in [7, 11) is 1.77. The van der Waals surface area contributed by atoms with E-state index in [0.717, 1.165) is 21.8 Å². The number of aliphatic imine (C=N–C) groups is 2. The molecule has 5 rings (SSSR count). The third kappa shape index (κ3) is 1.45. The summed E-state index contributed by atoms with van der Waals surface area (Å²) in [4.78, 5) is 26.8. The van der Waals surface area contributed by atoms with Gasteiger partial charge in [0.05, 0.1) is 11.4 Å². The standard InChI is InChI=1S/C17H13N5OS/c1-21-11-7-3-2-6-10(11)17(14(21)23)20-15(18)19-16-22(17)12-8-4-5-9-13(12)24-16/h2-9H,1H3,(H2,18,20). The Morgan fingerprint density at radius 1 is 1.08 bits per heavy atom. The van der Waals surface area contributed by atoms with Crippen LogP contribution in [0.1, 0.15) is 5.56 Å². The molecule has 1 amide bonds. The molecule has 3 heterocycles. The van der Waals surface area contributed by atoms with Crippen LogP contribution in [-0.2, 0) is 10.5 Å². The lowest BCUT2D eigenvalue weighted by molar-refractivity contribution is -0.122. The molecule has 2 aromatic carbocycles. The minimum Gasteiger partial charge on any atom is -0.368 e. The Morgan fingerprint density at radius 2 is 1.79 bits per heavy atom. The number of guanidine groups is 1. The highest BCUT2D eigenvalue weighted by Crippen LogP contribution is 2.53. The molecule has 1 spiro atoms. The first-order chi connectivity index (χ1) is 11.6. The van der Waals surface area contributed by atoms with Gasteiger partial charge in [-0.05, 0) is 30.0 Å². The first-order valence-electron chi connectivity index (χ1n) is 7.52. The third-order valence-electron chi connectivity index (χ3n) is 4.55. The van der Waals surface area contributed by atoms with Crippen molar-refractivity contribution in [1.29, 1.82) is 0 Å². The van der Waals surface area contributed by atoms with Gasteiger partial charge in [0.1, 0.15) is 0 Å². The van der Waals surface area contributed by atoms with E-state index in [0.29, 0.717) is 5.17 Å². The lowest BCUT2D eigenvalue weighted by atomic mass is 9.98. The van der Waals surface area contributed by atoms with Crippen molar-refractivity contribution in [2.24, 2.45) is 15.7 Å². The van der Waals surface area contributed by atoms with E-state index in [1.54, 1.807) is 11.9 Å². The van der Waals surface area contributed by atoms with E-state index in [1.165, 1.54) is 11.8 Å². The number of anilines is 2. The second-order valence-corrected chi connectivity index (χ2v) is 6.83. The molecule has 24 heavy (non-hydrogen) atoms. The Balaban J connectivity index is 1.85. The largest absolute Gasteiger partial charge is 0.368 e. The average molecular weight is 335 g/mol. The van der Waals surface area contributed by atoms with Crippen molar-refractivity contribution in [3.8, 4) is 0 Å². The quantitative estimate of drug-likeness (QED) is 0.800. The molecular formula is C17H13N5OS. The number of carbonyl (C=O) groups is 1. The summed E-state index contributed by atoms with van der Waals surface area (Å²) in [6.07, 6.45) is 0. The van der Waals surface area contributed by atoms with Gasteiger partial charge in [0.25, 0.3) is 5.91 Å². The van der Waals surface area contributed by atoms with E-state index in [1.807, 2.05) is 53.4 Å². The zero-order valence-corrected chi connectivity index (χ0v) is 13.6. The molecule has 1 unspecified atom stereocenters. The van der Waals surface area contributed by atoms with Crippen LogP contribution in [0.4, 0.5) is 11.4 Å². The predicted molar refractivity (Wildman–Crippen MR) is 95.4 cm³/mol. The van der Waals surface area contributed by atoms with Gasteiger partial charge in [0, 0.05) is 17.5 Å². The fourth-order valence-electron chi connectivity index (χ4n) is 3.54. The number of benzene rings is 2. The third-order valence-corrected chi connectivity index (χ3v) is 5.57. The van der Waals surface area contributed by atoms with Crippen LogP contribution < -0.4 is 15.5 Å². The normalized spacial score (nSPS) is 23.8. The number of amides is 1. The number of nitrogens with two attached hydrogens (primary N) is 1. The number of rotatable bonds is 0. The molecule has 0 saturated carbocycles. The Kier molecular flexibility index (Phi) is 2.49. The van der Waals surface area contributed by atoms with Crippen molar-refractivity contribution in [2.45, 2.75) is 10.6 Å². The molecule has 0 fully saturated rings. The van der Waals surface area contributed by atoms with Gasteiger partial charge in [-0.2, -0.15) is 4.99 Å². The molecule has 118 valence electrons. The average Bonchev–Trinajstić information content (AvgIpc) is 3.06. The van der Waals surface area contributed by atoms with Gasteiger partial charge in [-0.3, -0.25) is 9.69 Å². The van der Waals surface area contributed by atoms with Crippen LogP contribution in [0.5, 0.6) is 0 Å². The van der Waals surface area contributed by atoms with Gasteiger partial charge < -0.3 is 10.6 Å². The minimum atomic E-state index is -1.22. The summed E-state index contributed by atoms with van der Waals surface area (Å²) in [6.45, 7) is 0. The maximum Gasteiger partial charge on any atom is 0.280 e.